The maximum Gasteiger partial charge on any atom is 0.262 e. The zero-order valence-corrected chi connectivity index (χ0v) is 17.7. The molecule has 0 aromatic carbocycles. The van der Waals surface area contributed by atoms with Gasteiger partial charge in [-0.25, -0.2) is 13.4 Å². The van der Waals surface area contributed by atoms with Crippen LogP contribution in [0.1, 0.15) is 23.3 Å². The Morgan fingerprint density at radius 2 is 2.19 bits per heavy atom. The number of nitrogens with zero attached hydrogens (tertiary/aromatic N) is 3. The van der Waals surface area contributed by atoms with Gasteiger partial charge in [-0.05, 0) is 31.2 Å². The van der Waals surface area contributed by atoms with Crippen LogP contribution in [0, 0.1) is 0 Å². The monoisotopic (exact) mass is 427 g/mol. The third-order valence-corrected chi connectivity index (χ3v) is 9.33. The van der Waals surface area contributed by atoms with Crippen LogP contribution < -0.4 is 5.56 Å². The van der Waals surface area contributed by atoms with E-state index >= 15 is 0 Å². The number of aromatic nitrogens is 2. The summed E-state index contributed by atoms with van der Waals surface area (Å²) in [6.45, 7) is 0. The normalized spacial score (nSPS) is 20.9. The first kappa shape index (κ1) is 18.9. The van der Waals surface area contributed by atoms with Gasteiger partial charge in [-0.2, -0.15) is 0 Å². The first-order chi connectivity index (χ1) is 12.8. The highest BCUT2D eigenvalue weighted by atomic mass is 32.2. The van der Waals surface area contributed by atoms with Crippen molar-refractivity contribution in [1.82, 2.24) is 14.5 Å². The minimum atomic E-state index is -3.03. The fourth-order valence-electron chi connectivity index (χ4n) is 3.75. The lowest BCUT2D eigenvalue weighted by Gasteiger charge is -2.23. The highest BCUT2D eigenvalue weighted by Gasteiger charge is 2.32. The van der Waals surface area contributed by atoms with Crippen LogP contribution in [0.25, 0.3) is 10.2 Å². The Hall–Kier alpha value is -1.39. The first-order valence-electron chi connectivity index (χ1n) is 8.87. The third kappa shape index (κ3) is 3.42. The Bertz CT molecular complexity index is 1090. The molecule has 0 bridgehead atoms. The average molecular weight is 428 g/mol. The minimum absolute atomic E-state index is 0.0311. The molecule has 1 atom stereocenters. The molecule has 10 heteroatoms. The molecular formula is C17H21N3O4S3. The molecule has 1 amide bonds. The summed E-state index contributed by atoms with van der Waals surface area (Å²) >= 11 is 2.81. The van der Waals surface area contributed by atoms with Gasteiger partial charge >= 0.3 is 0 Å². The molecule has 1 saturated heterocycles. The molecule has 1 aliphatic carbocycles. The number of sulfone groups is 1. The quantitative estimate of drug-likeness (QED) is 0.538. The number of amides is 1. The van der Waals surface area contributed by atoms with Gasteiger partial charge in [0.15, 0.2) is 15.0 Å². The van der Waals surface area contributed by atoms with Crippen LogP contribution in [-0.2, 0) is 34.5 Å². The van der Waals surface area contributed by atoms with E-state index in [1.54, 1.807) is 25.4 Å². The molecule has 146 valence electrons. The Morgan fingerprint density at radius 1 is 1.41 bits per heavy atom. The van der Waals surface area contributed by atoms with Gasteiger partial charge in [0.25, 0.3) is 5.56 Å². The number of thiophene rings is 1. The molecule has 0 spiro atoms. The van der Waals surface area contributed by atoms with E-state index in [9.17, 15) is 18.0 Å². The van der Waals surface area contributed by atoms with E-state index in [4.69, 9.17) is 0 Å². The highest BCUT2D eigenvalue weighted by Crippen LogP contribution is 2.35. The van der Waals surface area contributed by atoms with E-state index < -0.39 is 9.84 Å². The summed E-state index contributed by atoms with van der Waals surface area (Å²) in [6, 6.07) is -0.261. The lowest BCUT2D eigenvalue weighted by molar-refractivity contribution is -0.128. The zero-order valence-electron chi connectivity index (χ0n) is 15.2. The van der Waals surface area contributed by atoms with Crippen molar-refractivity contribution < 1.29 is 13.2 Å². The SMILES string of the molecule is CN(C(=O)CSc1nc2sc3c(c2c(=O)n1C)CCC3)[C@H]1CCS(=O)(=O)C1. The molecule has 1 aliphatic heterocycles. The lowest BCUT2D eigenvalue weighted by atomic mass is 10.2. The first-order valence-corrected chi connectivity index (χ1v) is 12.5. The Kier molecular flexibility index (Phi) is 4.84. The van der Waals surface area contributed by atoms with E-state index in [0.29, 0.717) is 11.6 Å². The van der Waals surface area contributed by atoms with Crippen molar-refractivity contribution in [3.63, 3.8) is 0 Å². The molecule has 0 unspecified atom stereocenters. The summed E-state index contributed by atoms with van der Waals surface area (Å²) in [6.07, 6.45) is 3.52. The Labute approximate surface area is 165 Å². The van der Waals surface area contributed by atoms with Crippen molar-refractivity contribution in [1.29, 1.82) is 0 Å². The number of carbonyl (C=O) groups excluding carboxylic acids is 1. The van der Waals surface area contributed by atoms with E-state index in [1.807, 2.05) is 0 Å². The molecule has 4 rings (SSSR count). The molecule has 7 nitrogen and oxygen atoms in total. The van der Waals surface area contributed by atoms with Gasteiger partial charge in [0.1, 0.15) is 4.83 Å². The third-order valence-electron chi connectivity index (χ3n) is 5.38. The van der Waals surface area contributed by atoms with E-state index in [0.717, 1.165) is 35.0 Å². The molecule has 2 aromatic heterocycles. The second kappa shape index (κ2) is 6.89. The van der Waals surface area contributed by atoms with Crippen LogP contribution in [0.4, 0.5) is 0 Å². The predicted molar refractivity (Wildman–Crippen MR) is 107 cm³/mol. The fourth-order valence-corrected chi connectivity index (χ4v) is 7.72. The summed E-state index contributed by atoms with van der Waals surface area (Å²) in [5.41, 5.74) is 1.10. The van der Waals surface area contributed by atoms with Crippen molar-refractivity contribution in [3.8, 4) is 0 Å². The van der Waals surface area contributed by atoms with Crippen LogP contribution in [-0.4, -0.2) is 59.1 Å². The number of aryl methyl sites for hydroxylation is 2. The average Bonchev–Trinajstić information content (AvgIpc) is 3.29. The van der Waals surface area contributed by atoms with Gasteiger partial charge in [-0.1, -0.05) is 11.8 Å². The second-order valence-corrected chi connectivity index (χ2v) is 11.4. The minimum Gasteiger partial charge on any atom is -0.341 e. The molecule has 2 aromatic rings. The maximum absolute atomic E-state index is 12.8. The Morgan fingerprint density at radius 3 is 2.89 bits per heavy atom. The van der Waals surface area contributed by atoms with Gasteiger partial charge < -0.3 is 4.90 Å². The fraction of sp³-hybridized carbons (Fsp3) is 0.588. The topological polar surface area (TPSA) is 89.3 Å². The van der Waals surface area contributed by atoms with Crippen molar-refractivity contribution in [2.24, 2.45) is 7.05 Å². The number of carbonyl (C=O) groups is 1. The van der Waals surface area contributed by atoms with Crippen LogP contribution in [0.15, 0.2) is 9.95 Å². The van der Waals surface area contributed by atoms with Crippen molar-refractivity contribution in [3.05, 3.63) is 20.8 Å². The molecule has 0 radical (unpaired) electrons. The number of fused-ring (bicyclic) bond motifs is 3. The van der Waals surface area contributed by atoms with Crippen LogP contribution >= 0.6 is 23.1 Å². The highest BCUT2D eigenvalue weighted by molar-refractivity contribution is 7.99. The molecule has 27 heavy (non-hydrogen) atoms. The summed E-state index contributed by atoms with van der Waals surface area (Å²) in [4.78, 5) is 33.4. The van der Waals surface area contributed by atoms with Gasteiger partial charge in [0, 0.05) is 25.0 Å². The zero-order chi connectivity index (χ0) is 19.3. The molecule has 3 heterocycles. The van der Waals surface area contributed by atoms with E-state index in [-0.39, 0.29) is 34.8 Å². The standard InChI is InChI=1S/C17H21N3O4S3/c1-19(10-6-7-27(23,24)9-10)13(21)8-25-17-18-15-14(16(22)20(17)2)11-4-3-5-12(11)26-15/h10H,3-9H2,1-2H3/t10-/m0/s1. The summed E-state index contributed by atoms with van der Waals surface area (Å²) in [5, 5.41) is 1.26. The van der Waals surface area contributed by atoms with Crippen molar-refractivity contribution in [2.75, 3.05) is 24.3 Å². The van der Waals surface area contributed by atoms with Crippen LogP contribution in [0.2, 0.25) is 0 Å². The second-order valence-electron chi connectivity index (χ2n) is 7.15. The molecule has 2 aliphatic rings. The van der Waals surface area contributed by atoms with E-state index in [1.165, 1.54) is 26.1 Å². The summed E-state index contributed by atoms with van der Waals surface area (Å²) in [7, 11) is 0.301. The largest absolute Gasteiger partial charge is 0.341 e. The molecular weight excluding hydrogens is 406 g/mol. The lowest BCUT2D eigenvalue weighted by Crippen LogP contribution is -2.39. The van der Waals surface area contributed by atoms with E-state index in [2.05, 4.69) is 4.98 Å². The van der Waals surface area contributed by atoms with Gasteiger partial charge in [-0.15, -0.1) is 11.3 Å². The van der Waals surface area contributed by atoms with Crippen LogP contribution in [0.5, 0.6) is 0 Å². The molecule has 0 saturated carbocycles. The molecule has 0 N–H and O–H groups in total. The number of hydrogen-bond donors (Lipinski definition) is 0. The van der Waals surface area contributed by atoms with Crippen LogP contribution in [0.3, 0.4) is 0 Å². The van der Waals surface area contributed by atoms with Gasteiger partial charge in [0.2, 0.25) is 5.91 Å². The summed E-state index contributed by atoms with van der Waals surface area (Å²) in [5.74, 6) is 0.149. The summed E-state index contributed by atoms with van der Waals surface area (Å²) < 4.78 is 24.8. The predicted octanol–water partition coefficient (Wildman–Crippen LogP) is 1.22. The van der Waals surface area contributed by atoms with Crippen molar-refractivity contribution >= 4 is 49.1 Å². The van der Waals surface area contributed by atoms with Gasteiger partial charge in [-0.3, -0.25) is 14.2 Å². The number of thioether (sulfide) groups is 1. The molecule has 1 fully saturated rings. The number of hydrogen-bond acceptors (Lipinski definition) is 7. The van der Waals surface area contributed by atoms with Crippen molar-refractivity contribution in [2.45, 2.75) is 36.9 Å². The smallest absolute Gasteiger partial charge is 0.262 e. The number of rotatable bonds is 4. The maximum atomic E-state index is 12.8. The Balaban J connectivity index is 1.51. The van der Waals surface area contributed by atoms with Gasteiger partial charge in [0.05, 0.1) is 22.6 Å².